The number of aromatic carboxylic acids is 2. The third kappa shape index (κ3) is 3.05. The number of nitrogens with one attached hydrogen (secondary N) is 1. The van der Waals surface area contributed by atoms with E-state index >= 15 is 0 Å². The second-order valence-electron chi connectivity index (χ2n) is 4.82. The standard InChI is InChI=1S/C14H17NO4/c16-13(17)10-7-4-8-11(12(10)14(18)19)15-9-5-2-1-3-6-9/h4,7-9,15H,1-3,5-6H2,(H,16,17)(H,18,19). The van der Waals surface area contributed by atoms with Gasteiger partial charge in [0.15, 0.2) is 0 Å². The monoisotopic (exact) mass is 263 g/mol. The zero-order chi connectivity index (χ0) is 13.8. The lowest BCUT2D eigenvalue weighted by Gasteiger charge is -2.25. The zero-order valence-corrected chi connectivity index (χ0v) is 10.6. The summed E-state index contributed by atoms with van der Waals surface area (Å²) in [6.07, 6.45) is 5.45. The molecule has 0 unspecified atom stereocenters. The van der Waals surface area contributed by atoms with Gasteiger partial charge in [-0.25, -0.2) is 9.59 Å². The van der Waals surface area contributed by atoms with Gasteiger partial charge in [-0.1, -0.05) is 25.3 Å². The van der Waals surface area contributed by atoms with Gasteiger partial charge in [-0.3, -0.25) is 0 Å². The van der Waals surface area contributed by atoms with Crippen molar-refractivity contribution < 1.29 is 19.8 Å². The van der Waals surface area contributed by atoms with E-state index < -0.39 is 11.9 Å². The van der Waals surface area contributed by atoms with Crippen LogP contribution in [-0.2, 0) is 0 Å². The van der Waals surface area contributed by atoms with Crippen molar-refractivity contribution in [3.63, 3.8) is 0 Å². The molecular formula is C14H17NO4. The Morgan fingerprint density at radius 3 is 2.32 bits per heavy atom. The summed E-state index contributed by atoms with van der Waals surface area (Å²) in [5, 5.41) is 21.5. The average molecular weight is 263 g/mol. The summed E-state index contributed by atoms with van der Waals surface area (Å²) in [6.45, 7) is 0. The Balaban J connectivity index is 2.30. The van der Waals surface area contributed by atoms with Crippen LogP contribution in [0.4, 0.5) is 5.69 Å². The molecular weight excluding hydrogens is 246 g/mol. The molecule has 0 saturated heterocycles. The topological polar surface area (TPSA) is 86.6 Å². The summed E-state index contributed by atoms with van der Waals surface area (Å²) in [5.41, 5.74) is 0.0770. The molecule has 0 bridgehead atoms. The molecule has 0 radical (unpaired) electrons. The van der Waals surface area contributed by atoms with Crippen LogP contribution in [0, 0.1) is 0 Å². The molecule has 0 atom stereocenters. The molecule has 0 heterocycles. The first-order valence-corrected chi connectivity index (χ1v) is 6.45. The fraction of sp³-hybridized carbons (Fsp3) is 0.429. The predicted molar refractivity (Wildman–Crippen MR) is 70.9 cm³/mol. The lowest BCUT2D eigenvalue weighted by molar-refractivity contribution is 0.0652. The number of carboxylic acids is 2. The lowest BCUT2D eigenvalue weighted by atomic mass is 9.94. The molecule has 102 valence electrons. The molecule has 1 saturated carbocycles. The number of carbonyl (C=O) groups is 2. The van der Waals surface area contributed by atoms with E-state index in [1.165, 1.54) is 12.5 Å². The molecule has 2 rings (SSSR count). The molecule has 1 aliphatic carbocycles. The maximum Gasteiger partial charge on any atom is 0.338 e. The fourth-order valence-electron chi connectivity index (χ4n) is 2.55. The molecule has 1 aromatic carbocycles. The number of hydrogen-bond acceptors (Lipinski definition) is 3. The van der Waals surface area contributed by atoms with Gasteiger partial charge in [0.2, 0.25) is 0 Å². The molecule has 0 spiro atoms. The van der Waals surface area contributed by atoms with Crippen LogP contribution in [0.25, 0.3) is 0 Å². The Hall–Kier alpha value is -2.04. The van der Waals surface area contributed by atoms with E-state index in [1.807, 2.05) is 0 Å². The molecule has 0 aromatic heterocycles. The highest BCUT2D eigenvalue weighted by molar-refractivity contribution is 6.05. The van der Waals surface area contributed by atoms with E-state index in [9.17, 15) is 14.7 Å². The highest BCUT2D eigenvalue weighted by Crippen LogP contribution is 2.26. The van der Waals surface area contributed by atoms with Crippen LogP contribution in [0.5, 0.6) is 0 Å². The first kappa shape index (κ1) is 13.4. The van der Waals surface area contributed by atoms with Crippen LogP contribution in [0.3, 0.4) is 0 Å². The van der Waals surface area contributed by atoms with Crippen molar-refractivity contribution in [2.24, 2.45) is 0 Å². The summed E-state index contributed by atoms with van der Waals surface area (Å²) >= 11 is 0. The first-order chi connectivity index (χ1) is 9.09. The number of rotatable bonds is 4. The summed E-state index contributed by atoms with van der Waals surface area (Å²) < 4.78 is 0. The molecule has 1 fully saturated rings. The largest absolute Gasteiger partial charge is 0.478 e. The van der Waals surface area contributed by atoms with Gasteiger partial charge in [-0.05, 0) is 25.0 Å². The van der Waals surface area contributed by atoms with Gasteiger partial charge < -0.3 is 15.5 Å². The van der Waals surface area contributed by atoms with Crippen molar-refractivity contribution >= 4 is 17.6 Å². The molecule has 1 aliphatic rings. The Kier molecular flexibility index (Phi) is 4.04. The summed E-state index contributed by atoms with van der Waals surface area (Å²) in [4.78, 5) is 22.4. The molecule has 3 N–H and O–H groups in total. The summed E-state index contributed by atoms with van der Waals surface area (Å²) in [5.74, 6) is -2.43. The minimum Gasteiger partial charge on any atom is -0.478 e. The Morgan fingerprint density at radius 1 is 1.05 bits per heavy atom. The highest BCUT2D eigenvalue weighted by Gasteiger charge is 2.22. The zero-order valence-electron chi connectivity index (χ0n) is 10.6. The van der Waals surface area contributed by atoms with Crippen LogP contribution in [0.1, 0.15) is 52.8 Å². The van der Waals surface area contributed by atoms with E-state index in [-0.39, 0.29) is 17.2 Å². The van der Waals surface area contributed by atoms with Crippen LogP contribution < -0.4 is 5.32 Å². The molecule has 5 heteroatoms. The molecule has 0 amide bonds. The van der Waals surface area contributed by atoms with E-state index in [1.54, 1.807) is 12.1 Å². The van der Waals surface area contributed by atoms with Gasteiger partial charge >= 0.3 is 11.9 Å². The Bertz CT molecular complexity index is 492. The van der Waals surface area contributed by atoms with Crippen LogP contribution in [-0.4, -0.2) is 28.2 Å². The summed E-state index contributed by atoms with van der Waals surface area (Å²) in [7, 11) is 0. The Morgan fingerprint density at radius 2 is 1.74 bits per heavy atom. The molecule has 1 aromatic rings. The SMILES string of the molecule is O=C(O)c1cccc(NC2CCCCC2)c1C(=O)O. The molecule has 0 aliphatic heterocycles. The number of carboxylic acid groups (broad SMARTS) is 2. The quantitative estimate of drug-likeness (QED) is 0.777. The van der Waals surface area contributed by atoms with Gasteiger partial charge in [-0.2, -0.15) is 0 Å². The van der Waals surface area contributed by atoms with Crippen molar-refractivity contribution in [1.29, 1.82) is 0 Å². The van der Waals surface area contributed by atoms with Crippen molar-refractivity contribution in [3.05, 3.63) is 29.3 Å². The van der Waals surface area contributed by atoms with Gasteiger partial charge in [-0.15, -0.1) is 0 Å². The van der Waals surface area contributed by atoms with E-state index in [2.05, 4.69) is 5.32 Å². The van der Waals surface area contributed by atoms with Crippen molar-refractivity contribution in [1.82, 2.24) is 0 Å². The molecule has 19 heavy (non-hydrogen) atoms. The predicted octanol–water partition coefficient (Wildman–Crippen LogP) is 2.83. The van der Waals surface area contributed by atoms with Gasteiger partial charge in [0.1, 0.15) is 0 Å². The Labute approximate surface area is 111 Å². The molecule has 5 nitrogen and oxygen atoms in total. The van der Waals surface area contributed by atoms with Crippen molar-refractivity contribution in [2.75, 3.05) is 5.32 Å². The van der Waals surface area contributed by atoms with E-state index in [0.29, 0.717) is 5.69 Å². The van der Waals surface area contributed by atoms with Crippen LogP contribution >= 0.6 is 0 Å². The van der Waals surface area contributed by atoms with Crippen LogP contribution in [0.15, 0.2) is 18.2 Å². The van der Waals surface area contributed by atoms with Crippen molar-refractivity contribution in [3.8, 4) is 0 Å². The maximum absolute atomic E-state index is 11.3. The lowest BCUT2D eigenvalue weighted by Crippen LogP contribution is -2.24. The number of anilines is 1. The minimum absolute atomic E-state index is 0.152. The number of hydrogen-bond donors (Lipinski definition) is 3. The highest BCUT2D eigenvalue weighted by atomic mass is 16.4. The van der Waals surface area contributed by atoms with Gasteiger partial charge in [0.05, 0.1) is 11.1 Å². The summed E-state index contributed by atoms with van der Waals surface area (Å²) in [6, 6.07) is 4.75. The number of benzene rings is 1. The minimum atomic E-state index is -1.22. The third-order valence-corrected chi connectivity index (χ3v) is 3.47. The maximum atomic E-state index is 11.3. The first-order valence-electron chi connectivity index (χ1n) is 6.45. The fourth-order valence-corrected chi connectivity index (χ4v) is 2.55. The normalized spacial score (nSPS) is 16.0. The van der Waals surface area contributed by atoms with E-state index in [0.717, 1.165) is 25.7 Å². The average Bonchev–Trinajstić information content (AvgIpc) is 2.39. The van der Waals surface area contributed by atoms with Crippen molar-refractivity contribution in [2.45, 2.75) is 38.1 Å². The smallest absolute Gasteiger partial charge is 0.338 e. The van der Waals surface area contributed by atoms with Gasteiger partial charge in [0, 0.05) is 11.7 Å². The van der Waals surface area contributed by atoms with Crippen LogP contribution in [0.2, 0.25) is 0 Å². The van der Waals surface area contributed by atoms with E-state index in [4.69, 9.17) is 5.11 Å². The third-order valence-electron chi connectivity index (χ3n) is 3.47. The second-order valence-corrected chi connectivity index (χ2v) is 4.82. The van der Waals surface area contributed by atoms with Gasteiger partial charge in [0.25, 0.3) is 0 Å². The second kappa shape index (κ2) is 5.73.